The van der Waals surface area contributed by atoms with E-state index in [0.29, 0.717) is 6.61 Å². The SMILES string of the molecule is Fc1ccc2c(c1)CO[B]2. The molecule has 1 aromatic rings. The van der Waals surface area contributed by atoms with E-state index in [1.807, 2.05) is 0 Å². The third-order valence-electron chi connectivity index (χ3n) is 1.55. The molecular formula is C7H5BFO. The van der Waals surface area contributed by atoms with Gasteiger partial charge in [-0.3, -0.25) is 0 Å². The van der Waals surface area contributed by atoms with Gasteiger partial charge in [0.25, 0.3) is 0 Å². The van der Waals surface area contributed by atoms with Gasteiger partial charge >= 0.3 is 7.48 Å². The van der Waals surface area contributed by atoms with Crippen LogP contribution in [0.25, 0.3) is 0 Å². The molecule has 0 amide bonds. The second kappa shape index (κ2) is 2.09. The Morgan fingerprint density at radius 2 is 2.40 bits per heavy atom. The molecule has 0 unspecified atom stereocenters. The molecule has 0 N–H and O–H groups in total. The van der Waals surface area contributed by atoms with Crippen LogP contribution in [-0.4, -0.2) is 7.48 Å². The summed E-state index contributed by atoms with van der Waals surface area (Å²) in [5.74, 6) is -0.197. The molecule has 10 heavy (non-hydrogen) atoms. The van der Waals surface area contributed by atoms with Crippen LogP contribution in [0.2, 0.25) is 0 Å². The van der Waals surface area contributed by atoms with E-state index in [-0.39, 0.29) is 5.82 Å². The zero-order valence-electron chi connectivity index (χ0n) is 5.30. The molecule has 0 saturated carbocycles. The lowest BCUT2D eigenvalue weighted by Crippen LogP contribution is -2.10. The summed E-state index contributed by atoms with van der Waals surface area (Å²) in [6.45, 7) is 0.507. The summed E-state index contributed by atoms with van der Waals surface area (Å²) in [4.78, 5) is 0. The smallest absolute Gasteiger partial charge is 0.330 e. The van der Waals surface area contributed by atoms with Crippen LogP contribution in [0.4, 0.5) is 4.39 Å². The van der Waals surface area contributed by atoms with Gasteiger partial charge in [-0.2, -0.15) is 0 Å². The van der Waals surface area contributed by atoms with E-state index in [1.165, 1.54) is 12.1 Å². The van der Waals surface area contributed by atoms with Crippen LogP contribution in [0.5, 0.6) is 0 Å². The standard InChI is InChI=1S/C7H5BFO/c9-6-1-2-7-5(3-6)4-10-8-7/h1-3H,4H2. The van der Waals surface area contributed by atoms with Crippen molar-refractivity contribution in [3.63, 3.8) is 0 Å². The van der Waals surface area contributed by atoms with Gasteiger partial charge in [0.1, 0.15) is 5.82 Å². The maximum absolute atomic E-state index is 12.5. The van der Waals surface area contributed by atoms with E-state index in [2.05, 4.69) is 0 Å². The zero-order chi connectivity index (χ0) is 6.97. The second-order valence-corrected chi connectivity index (χ2v) is 2.27. The van der Waals surface area contributed by atoms with Crippen LogP contribution < -0.4 is 5.46 Å². The van der Waals surface area contributed by atoms with Crippen LogP contribution in [0.3, 0.4) is 0 Å². The van der Waals surface area contributed by atoms with Gasteiger partial charge in [-0.1, -0.05) is 6.07 Å². The summed E-state index contributed by atoms with van der Waals surface area (Å²) in [6, 6.07) is 4.65. The third kappa shape index (κ3) is 0.828. The number of rotatable bonds is 0. The van der Waals surface area contributed by atoms with Crippen molar-refractivity contribution >= 4 is 12.9 Å². The molecule has 0 spiro atoms. The summed E-state index contributed by atoms with van der Waals surface area (Å²) >= 11 is 0. The number of halogens is 1. The molecule has 0 fully saturated rings. The molecule has 49 valence electrons. The Morgan fingerprint density at radius 1 is 1.50 bits per heavy atom. The molecule has 1 nitrogen and oxygen atoms in total. The van der Waals surface area contributed by atoms with Crippen molar-refractivity contribution < 1.29 is 9.04 Å². The number of fused-ring (bicyclic) bond motifs is 1. The molecule has 1 radical (unpaired) electrons. The molecule has 3 heteroatoms. The van der Waals surface area contributed by atoms with Gasteiger partial charge in [-0.05, 0) is 23.2 Å². The van der Waals surface area contributed by atoms with Gasteiger partial charge in [0.15, 0.2) is 0 Å². The lowest BCUT2D eigenvalue weighted by molar-refractivity contribution is 0.344. The normalized spacial score (nSPS) is 14.5. The van der Waals surface area contributed by atoms with Crippen LogP contribution in [0.15, 0.2) is 18.2 Å². The Morgan fingerprint density at radius 3 is 3.30 bits per heavy atom. The van der Waals surface area contributed by atoms with Gasteiger partial charge in [0.2, 0.25) is 0 Å². The van der Waals surface area contributed by atoms with Gasteiger partial charge in [0, 0.05) is 0 Å². The molecule has 1 heterocycles. The molecule has 0 aliphatic carbocycles. The van der Waals surface area contributed by atoms with Crippen molar-refractivity contribution in [2.24, 2.45) is 0 Å². The minimum absolute atomic E-state index is 0.197. The first-order valence-corrected chi connectivity index (χ1v) is 3.09. The topological polar surface area (TPSA) is 9.23 Å². The Balaban J connectivity index is 2.52. The molecule has 2 rings (SSSR count). The molecular weight excluding hydrogens is 130 g/mol. The average Bonchev–Trinajstić information content (AvgIpc) is 2.33. The molecule has 1 aliphatic rings. The first-order chi connectivity index (χ1) is 4.86. The summed E-state index contributed by atoms with van der Waals surface area (Å²) in [5.41, 5.74) is 1.92. The van der Waals surface area contributed by atoms with Crippen molar-refractivity contribution in [2.45, 2.75) is 6.61 Å². The van der Waals surface area contributed by atoms with E-state index >= 15 is 0 Å². The van der Waals surface area contributed by atoms with Crippen LogP contribution in [0, 0.1) is 5.82 Å². The molecule has 1 aromatic carbocycles. The highest BCUT2D eigenvalue weighted by atomic mass is 19.1. The molecule has 0 aromatic heterocycles. The molecule has 0 atom stereocenters. The lowest BCUT2D eigenvalue weighted by atomic mass is 9.88. The van der Waals surface area contributed by atoms with Crippen molar-refractivity contribution in [1.29, 1.82) is 0 Å². The van der Waals surface area contributed by atoms with E-state index in [0.717, 1.165) is 11.0 Å². The minimum Gasteiger partial charge on any atom is -0.430 e. The van der Waals surface area contributed by atoms with E-state index in [9.17, 15) is 4.39 Å². The van der Waals surface area contributed by atoms with E-state index < -0.39 is 0 Å². The fourth-order valence-electron chi connectivity index (χ4n) is 1.04. The monoisotopic (exact) mass is 135 g/mol. The van der Waals surface area contributed by atoms with Crippen LogP contribution in [0.1, 0.15) is 5.56 Å². The maximum Gasteiger partial charge on any atom is 0.330 e. The quantitative estimate of drug-likeness (QED) is 0.473. The number of hydrogen-bond acceptors (Lipinski definition) is 1. The third-order valence-corrected chi connectivity index (χ3v) is 1.55. The number of benzene rings is 1. The summed E-state index contributed by atoms with van der Waals surface area (Å²) in [5, 5.41) is 0. The predicted molar refractivity (Wildman–Crippen MR) is 36.6 cm³/mol. The van der Waals surface area contributed by atoms with Gasteiger partial charge in [-0.15, -0.1) is 0 Å². The predicted octanol–water partition coefficient (Wildman–Crippen LogP) is 0.600. The van der Waals surface area contributed by atoms with Gasteiger partial charge in [-0.25, -0.2) is 4.39 Å². The van der Waals surface area contributed by atoms with Crippen molar-refractivity contribution in [3.8, 4) is 0 Å². The maximum atomic E-state index is 12.5. The van der Waals surface area contributed by atoms with Crippen molar-refractivity contribution in [1.82, 2.24) is 0 Å². The summed E-state index contributed by atoms with van der Waals surface area (Å²) in [7, 11) is 1.65. The highest BCUT2D eigenvalue weighted by Crippen LogP contribution is 2.06. The highest BCUT2D eigenvalue weighted by molar-refractivity contribution is 6.48. The Bertz CT molecular complexity index is 262. The fourth-order valence-corrected chi connectivity index (χ4v) is 1.04. The lowest BCUT2D eigenvalue weighted by Gasteiger charge is -1.93. The number of hydrogen-bond donors (Lipinski definition) is 0. The summed E-state index contributed by atoms with van der Waals surface area (Å²) < 4.78 is 17.5. The summed E-state index contributed by atoms with van der Waals surface area (Å²) in [6.07, 6.45) is 0. The van der Waals surface area contributed by atoms with Crippen molar-refractivity contribution in [2.75, 3.05) is 0 Å². The second-order valence-electron chi connectivity index (χ2n) is 2.27. The molecule has 1 aliphatic heterocycles. The average molecular weight is 135 g/mol. The van der Waals surface area contributed by atoms with Crippen LogP contribution in [-0.2, 0) is 11.3 Å². The van der Waals surface area contributed by atoms with E-state index in [1.54, 1.807) is 13.5 Å². The highest BCUT2D eigenvalue weighted by Gasteiger charge is 2.12. The van der Waals surface area contributed by atoms with Gasteiger partial charge < -0.3 is 4.65 Å². The van der Waals surface area contributed by atoms with Crippen LogP contribution >= 0.6 is 0 Å². The molecule has 0 bridgehead atoms. The first kappa shape index (κ1) is 5.92. The minimum atomic E-state index is -0.197. The van der Waals surface area contributed by atoms with Gasteiger partial charge in [0.05, 0.1) is 6.61 Å². The Kier molecular flexibility index (Phi) is 1.24. The fraction of sp³-hybridized carbons (Fsp3) is 0.143. The Hall–Kier alpha value is -0.825. The zero-order valence-corrected chi connectivity index (χ0v) is 5.30. The Labute approximate surface area is 59.1 Å². The largest absolute Gasteiger partial charge is 0.430 e. The van der Waals surface area contributed by atoms with E-state index in [4.69, 9.17) is 4.65 Å². The molecule has 0 saturated heterocycles. The van der Waals surface area contributed by atoms with Crippen molar-refractivity contribution in [3.05, 3.63) is 29.6 Å². The first-order valence-electron chi connectivity index (χ1n) is 3.09.